The van der Waals surface area contributed by atoms with Gasteiger partial charge in [0.15, 0.2) is 0 Å². The molecule has 1 rings (SSSR count). The molecule has 0 fully saturated rings. The van der Waals surface area contributed by atoms with Crippen LogP contribution in [0.25, 0.3) is 5.57 Å². The van der Waals surface area contributed by atoms with Gasteiger partial charge in [0.25, 0.3) is 0 Å². The van der Waals surface area contributed by atoms with E-state index in [0.29, 0.717) is 0 Å². The standard InChI is InChI=1S/C14H17N/c1-4-6-7-8-12(3)14-10-9-13(5-2)11-15-14/h4,6-11H,3,5H2,1-2H3/b6-4-,8-7-. The lowest BCUT2D eigenvalue weighted by atomic mass is 10.1. The van der Waals surface area contributed by atoms with E-state index in [-0.39, 0.29) is 0 Å². The molecule has 0 saturated heterocycles. The third kappa shape index (κ3) is 3.55. The predicted octanol–water partition coefficient (Wildman–Crippen LogP) is 3.79. The number of hydrogen-bond donors (Lipinski definition) is 0. The summed E-state index contributed by atoms with van der Waals surface area (Å²) in [6.07, 6.45) is 10.8. The molecule has 1 aromatic rings. The van der Waals surface area contributed by atoms with Crippen LogP contribution < -0.4 is 0 Å². The van der Waals surface area contributed by atoms with Crippen LogP contribution in [-0.4, -0.2) is 4.98 Å². The van der Waals surface area contributed by atoms with Gasteiger partial charge in [-0.2, -0.15) is 0 Å². The molecule has 15 heavy (non-hydrogen) atoms. The largest absolute Gasteiger partial charge is 0.256 e. The second-order valence-corrected chi connectivity index (χ2v) is 3.32. The van der Waals surface area contributed by atoms with E-state index in [1.807, 2.05) is 43.5 Å². The fourth-order valence-electron chi connectivity index (χ4n) is 1.19. The zero-order valence-electron chi connectivity index (χ0n) is 9.40. The number of aromatic nitrogens is 1. The van der Waals surface area contributed by atoms with Crippen LogP contribution in [-0.2, 0) is 6.42 Å². The van der Waals surface area contributed by atoms with Gasteiger partial charge in [0.2, 0.25) is 0 Å². The first-order chi connectivity index (χ1) is 7.27. The number of pyridine rings is 1. The van der Waals surface area contributed by atoms with E-state index in [0.717, 1.165) is 17.7 Å². The fraction of sp³-hybridized carbons (Fsp3) is 0.214. The number of allylic oxidation sites excluding steroid dienone is 5. The molecule has 0 unspecified atom stereocenters. The van der Waals surface area contributed by atoms with Crippen molar-refractivity contribution in [2.24, 2.45) is 0 Å². The second-order valence-electron chi connectivity index (χ2n) is 3.32. The summed E-state index contributed by atoms with van der Waals surface area (Å²) in [4.78, 5) is 4.35. The van der Waals surface area contributed by atoms with Crippen molar-refractivity contribution in [1.29, 1.82) is 0 Å². The Morgan fingerprint density at radius 3 is 2.73 bits per heavy atom. The van der Waals surface area contributed by atoms with Gasteiger partial charge in [-0.1, -0.05) is 43.9 Å². The van der Waals surface area contributed by atoms with Crippen LogP contribution in [0.4, 0.5) is 0 Å². The number of aryl methyl sites for hydroxylation is 1. The minimum Gasteiger partial charge on any atom is -0.256 e. The first kappa shape index (κ1) is 11.4. The molecule has 1 heteroatoms. The average molecular weight is 199 g/mol. The van der Waals surface area contributed by atoms with Crippen LogP contribution in [0, 0.1) is 0 Å². The Hall–Kier alpha value is -1.63. The summed E-state index contributed by atoms with van der Waals surface area (Å²) in [5, 5.41) is 0. The van der Waals surface area contributed by atoms with Crippen molar-refractivity contribution in [3.05, 3.63) is 60.5 Å². The molecule has 0 aromatic carbocycles. The highest BCUT2D eigenvalue weighted by molar-refractivity contribution is 5.69. The van der Waals surface area contributed by atoms with Crippen LogP contribution >= 0.6 is 0 Å². The molecule has 0 spiro atoms. The van der Waals surface area contributed by atoms with Gasteiger partial charge in [-0.25, -0.2) is 0 Å². The predicted molar refractivity (Wildman–Crippen MR) is 66.6 cm³/mol. The van der Waals surface area contributed by atoms with Gasteiger partial charge in [0.1, 0.15) is 0 Å². The zero-order valence-corrected chi connectivity index (χ0v) is 9.40. The number of rotatable bonds is 4. The third-order valence-corrected chi connectivity index (χ3v) is 2.16. The molecule has 0 bridgehead atoms. The van der Waals surface area contributed by atoms with Gasteiger partial charge >= 0.3 is 0 Å². The first-order valence-electron chi connectivity index (χ1n) is 5.21. The van der Waals surface area contributed by atoms with Gasteiger partial charge < -0.3 is 0 Å². The molecule has 0 saturated carbocycles. The zero-order chi connectivity index (χ0) is 11.1. The molecule has 1 heterocycles. The lowest BCUT2D eigenvalue weighted by Gasteiger charge is -2.00. The summed E-state index contributed by atoms with van der Waals surface area (Å²) in [5.74, 6) is 0. The van der Waals surface area contributed by atoms with Crippen LogP contribution in [0.5, 0.6) is 0 Å². The molecule has 1 aromatic heterocycles. The van der Waals surface area contributed by atoms with E-state index in [4.69, 9.17) is 0 Å². The van der Waals surface area contributed by atoms with E-state index in [1.165, 1.54) is 5.56 Å². The van der Waals surface area contributed by atoms with Gasteiger partial charge in [0, 0.05) is 6.20 Å². The van der Waals surface area contributed by atoms with E-state index in [1.54, 1.807) is 0 Å². The number of hydrogen-bond acceptors (Lipinski definition) is 1. The van der Waals surface area contributed by atoms with Crippen molar-refractivity contribution in [3.8, 4) is 0 Å². The van der Waals surface area contributed by atoms with E-state index in [2.05, 4.69) is 24.6 Å². The fourth-order valence-corrected chi connectivity index (χ4v) is 1.19. The van der Waals surface area contributed by atoms with Crippen LogP contribution in [0.1, 0.15) is 25.1 Å². The summed E-state index contributed by atoms with van der Waals surface area (Å²) in [6.45, 7) is 8.08. The molecule has 0 N–H and O–H groups in total. The van der Waals surface area contributed by atoms with Crippen molar-refractivity contribution in [2.75, 3.05) is 0 Å². The van der Waals surface area contributed by atoms with Gasteiger partial charge in [0.05, 0.1) is 5.69 Å². The van der Waals surface area contributed by atoms with Crippen molar-refractivity contribution in [2.45, 2.75) is 20.3 Å². The monoisotopic (exact) mass is 199 g/mol. The SMILES string of the molecule is C=C(/C=C\C=C/C)c1ccc(CC)cn1. The maximum atomic E-state index is 4.35. The molecule has 0 amide bonds. The van der Waals surface area contributed by atoms with E-state index < -0.39 is 0 Å². The second kappa shape index (κ2) is 5.97. The number of nitrogens with zero attached hydrogens (tertiary/aromatic N) is 1. The van der Waals surface area contributed by atoms with E-state index in [9.17, 15) is 0 Å². The van der Waals surface area contributed by atoms with Crippen molar-refractivity contribution < 1.29 is 0 Å². The highest BCUT2D eigenvalue weighted by Crippen LogP contribution is 2.11. The molecule has 0 aliphatic carbocycles. The van der Waals surface area contributed by atoms with Crippen molar-refractivity contribution in [1.82, 2.24) is 4.98 Å². The molecule has 1 nitrogen and oxygen atoms in total. The Kier molecular flexibility index (Phi) is 4.55. The van der Waals surface area contributed by atoms with Gasteiger partial charge in [-0.15, -0.1) is 0 Å². The maximum Gasteiger partial charge on any atom is 0.0696 e. The maximum absolute atomic E-state index is 4.35. The minimum atomic E-state index is 0.938. The molecule has 0 atom stereocenters. The lowest BCUT2D eigenvalue weighted by Crippen LogP contribution is -1.88. The molecular weight excluding hydrogens is 182 g/mol. The van der Waals surface area contributed by atoms with Crippen LogP contribution in [0.2, 0.25) is 0 Å². The van der Waals surface area contributed by atoms with Gasteiger partial charge in [-0.05, 0) is 30.5 Å². The van der Waals surface area contributed by atoms with Crippen LogP contribution in [0.3, 0.4) is 0 Å². The smallest absolute Gasteiger partial charge is 0.0696 e. The highest BCUT2D eigenvalue weighted by Gasteiger charge is 1.96. The summed E-state index contributed by atoms with van der Waals surface area (Å²) in [6, 6.07) is 4.11. The minimum absolute atomic E-state index is 0.938. The summed E-state index contributed by atoms with van der Waals surface area (Å²) < 4.78 is 0. The Bertz CT molecular complexity index is 369. The third-order valence-electron chi connectivity index (χ3n) is 2.16. The molecule has 0 radical (unpaired) electrons. The normalized spacial score (nSPS) is 11.3. The Morgan fingerprint density at radius 1 is 1.40 bits per heavy atom. The quantitative estimate of drug-likeness (QED) is 0.672. The Labute approximate surface area is 91.9 Å². The van der Waals surface area contributed by atoms with Crippen molar-refractivity contribution in [3.63, 3.8) is 0 Å². The summed E-state index contributed by atoms with van der Waals surface area (Å²) in [7, 11) is 0. The lowest BCUT2D eigenvalue weighted by molar-refractivity contribution is 1.10. The molecular formula is C14H17N. The van der Waals surface area contributed by atoms with Gasteiger partial charge in [-0.3, -0.25) is 4.98 Å². The van der Waals surface area contributed by atoms with E-state index >= 15 is 0 Å². The molecule has 78 valence electrons. The summed E-state index contributed by atoms with van der Waals surface area (Å²) >= 11 is 0. The average Bonchev–Trinajstić information content (AvgIpc) is 2.29. The summed E-state index contributed by atoms with van der Waals surface area (Å²) in [5.41, 5.74) is 3.13. The topological polar surface area (TPSA) is 12.9 Å². The molecule has 0 aliphatic rings. The Balaban J connectivity index is 2.74. The molecule has 0 aliphatic heterocycles. The van der Waals surface area contributed by atoms with Crippen LogP contribution in [0.15, 0.2) is 49.2 Å². The van der Waals surface area contributed by atoms with Crippen molar-refractivity contribution >= 4 is 5.57 Å². The first-order valence-corrected chi connectivity index (χ1v) is 5.21. The Morgan fingerprint density at radius 2 is 2.20 bits per heavy atom. The highest BCUT2D eigenvalue weighted by atomic mass is 14.7.